The second-order valence-electron chi connectivity index (χ2n) is 11.5. The Morgan fingerprint density at radius 2 is 1.89 bits per heavy atom. The summed E-state index contributed by atoms with van der Waals surface area (Å²) in [7, 11) is 0. The number of pyridine rings is 2. The first kappa shape index (κ1) is 30.0. The molecule has 46 heavy (non-hydrogen) atoms. The van der Waals surface area contributed by atoms with Crippen molar-refractivity contribution in [2.45, 2.75) is 44.7 Å². The van der Waals surface area contributed by atoms with Crippen LogP contribution in [0.25, 0.3) is 22.6 Å². The number of nitrogens with one attached hydrogen (secondary N) is 2. The zero-order chi connectivity index (χ0) is 31.8. The molecule has 234 valence electrons. The number of amides is 2. The van der Waals surface area contributed by atoms with Gasteiger partial charge in [0, 0.05) is 41.4 Å². The Bertz CT molecular complexity index is 1910. The third-order valence-electron chi connectivity index (χ3n) is 8.50. The van der Waals surface area contributed by atoms with Crippen LogP contribution in [0.4, 0.5) is 5.69 Å². The van der Waals surface area contributed by atoms with E-state index in [1.807, 2.05) is 48.2 Å². The van der Waals surface area contributed by atoms with E-state index in [0.717, 1.165) is 34.6 Å². The SMILES string of the molecule is C[C@@H]1CCC[C@H](N2CNC(c3cc(Cl)ccc3-n3cc(Cl)nn3)CC2=O)c2cc(ccn2)-c2nn(-c3cccnc3)cc2NC1=O. The Morgan fingerprint density at radius 3 is 2.67 bits per heavy atom. The molecule has 1 fully saturated rings. The van der Waals surface area contributed by atoms with Gasteiger partial charge in [0.25, 0.3) is 0 Å². The number of benzene rings is 1. The highest BCUT2D eigenvalue weighted by Gasteiger charge is 2.34. The minimum atomic E-state index is -0.313. The van der Waals surface area contributed by atoms with Gasteiger partial charge in [0.05, 0.1) is 54.1 Å². The van der Waals surface area contributed by atoms with Gasteiger partial charge in [0.1, 0.15) is 5.69 Å². The summed E-state index contributed by atoms with van der Waals surface area (Å²) in [6.07, 6.45) is 10.8. The second kappa shape index (κ2) is 12.6. The average molecular weight is 658 g/mol. The highest BCUT2D eigenvalue weighted by Crippen LogP contribution is 2.36. The zero-order valence-electron chi connectivity index (χ0n) is 24.8. The van der Waals surface area contributed by atoms with Crippen LogP contribution in [-0.2, 0) is 9.59 Å². The molecule has 2 amide bonds. The fraction of sp³-hybridized carbons (Fsp3) is 0.281. The summed E-state index contributed by atoms with van der Waals surface area (Å²) >= 11 is 12.4. The lowest BCUT2D eigenvalue weighted by Gasteiger charge is -2.38. The van der Waals surface area contributed by atoms with Crippen molar-refractivity contribution in [3.05, 3.63) is 94.9 Å². The lowest BCUT2D eigenvalue weighted by molar-refractivity contribution is -0.138. The number of carbonyl (C=O) groups excluding carboxylic acids is 2. The van der Waals surface area contributed by atoms with Gasteiger partial charge in [0.2, 0.25) is 11.8 Å². The smallest absolute Gasteiger partial charge is 0.227 e. The monoisotopic (exact) mass is 656 g/mol. The molecule has 0 spiro atoms. The van der Waals surface area contributed by atoms with Crippen LogP contribution in [0.5, 0.6) is 0 Å². The molecule has 2 aliphatic heterocycles. The largest absolute Gasteiger partial charge is 0.323 e. The predicted molar refractivity (Wildman–Crippen MR) is 173 cm³/mol. The maximum Gasteiger partial charge on any atom is 0.227 e. The summed E-state index contributed by atoms with van der Waals surface area (Å²) in [5.74, 6) is -0.349. The van der Waals surface area contributed by atoms with Crippen molar-refractivity contribution in [3.8, 4) is 22.6 Å². The van der Waals surface area contributed by atoms with Crippen LogP contribution in [0.3, 0.4) is 0 Å². The van der Waals surface area contributed by atoms with Crippen molar-refractivity contribution in [1.29, 1.82) is 0 Å². The summed E-state index contributed by atoms with van der Waals surface area (Å²) in [5, 5.41) is 20.3. The van der Waals surface area contributed by atoms with Crippen LogP contribution < -0.4 is 10.6 Å². The molecule has 7 rings (SSSR count). The highest BCUT2D eigenvalue weighted by atomic mass is 35.5. The van der Waals surface area contributed by atoms with E-state index in [1.54, 1.807) is 46.4 Å². The summed E-state index contributed by atoms with van der Waals surface area (Å²) in [5.41, 5.74) is 5.06. The quantitative estimate of drug-likeness (QED) is 0.257. The molecular weight excluding hydrogens is 627 g/mol. The van der Waals surface area contributed by atoms with Gasteiger partial charge < -0.3 is 10.2 Å². The van der Waals surface area contributed by atoms with Crippen molar-refractivity contribution < 1.29 is 9.59 Å². The van der Waals surface area contributed by atoms with Crippen LogP contribution in [0.15, 0.2) is 73.4 Å². The lowest BCUT2D eigenvalue weighted by atomic mass is 9.94. The Morgan fingerprint density at radius 1 is 1.00 bits per heavy atom. The van der Waals surface area contributed by atoms with E-state index in [2.05, 4.69) is 25.9 Å². The van der Waals surface area contributed by atoms with Crippen molar-refractivity contribution in [2.24, 2.45) is 5.92 Å². The van der Waals surface area contributed by atoms with Crippen molar-refractivity contribution in [3.63, 3.8) is 0 Å². The number of carbonyl (C=O) groups is 2. The van der Waals surface area contributed by atoms with E-state index in [9.17, 15) is 9.59 Å². The molecule has 5 aromatic rings. The van der Waals surface area contributed by atoms with Crippen LogP contribution in [-0.4, -0.2) is 58.1 Å². The number of aromatic nitrogens is 7. The van der Waals surface area contributed by atoms with Crippen LogP contribution in [0.2, 0.25) is 10.2 Å². The lowest BCUT2D eigenvalue weighted by Crippen LogP contribution is -2.49. The van der Waals surface area contributed by atoms with Crippen molar-refractivity contribution in [1.82, 2.24) is 45.0 Å². The van der Waals surface area contributed by atoms with Crippen LogP contribution in [0.1, 0.15) is 55.9 Å². The van der Waals surface area contributed by atoms with Crippen LogP contribution in [0, 0.1) is 5.92 Å². The van der Waals surface area contributed by atoms with Gasteiger partial charge in [-0.1, -0.05) is 41.8 Å². The van der Waals surface area contributed by atoms with Gasteiger partial charge in [0.15, 0.2) is 5.15 Å². The predicted octanol–water partition coefficient (Wildman–Crippen LogP) is 5.54. The number of rotatable bonds is 4. The molecule has 1 saturated heterocycles. The number of nitrogens with zero attached hydrogens (tertiary/aromatic N) is 8. The molecule has 0 aliphatic carbocycles. The van der Waals surface area contributed by atoms with E-state index >= 15 is 0 Å². The Labute approximate surface area is 274 Å². The third kappa shape index (κ3) is 5.98. The van der Waals surface area contributed by atoms with E-state index in [1.165, 1.54) is 0 Å². The minimum Gasteiger partial charge on any atom is -0.323 e. The molecule has 4 aromatic heterocycles. The Balaban J connectivity index is 1.21. The average Bonchev–Trinajstić information content (AvgIpc) is 3.69. The summed E-state index contributed by atoms with van der Waals surface area (Å²) in [6.45, 7) is 2.21. The molecule has 2 bridgehead atoms. The normalized spacial score (nSPS) is 20.4. The molecule has 2 aliphatic rings. The maximum atomic E-state index is 13.9. The third-order valence-corrected chi connectivity index (χ3v) is 8.91. The summed E-state index contributed by atoms with van der Waals surface area (Å²) in [4.78, 5) is 38.0. The Hall–Kier alpha value is -4.65. The standard InChI is InChI=1S/C32H30Cl2N10O2/c1-19-4-2-6-28(42-18-37-24(14-30(42)45)23-13-21(33)7-8-27(23)44-17-29(34)39-41-44)25-12-20(9-11-36-25)31-26(38-32(19)46)16-43(40-31)22-5-3-10-35-15-22/h3,5,7-13,15-17,19,24,28,37H,2,4,6,14,18H2,1H3,(H,38,46)/t19-,24?,28+/m1/s1. The first-order valence-corrected chi connectivity index (χ1v) is 15.8. The molecule has 0 saturated carbocycles. The first-order valence-electron chi connectivity index (χ1n) is 15.0. The number of anilines is 1. The van der Waals surface area contributed by atoms with Crippen molar-refractivity contribution in [2.75, 3.05) is 12.0 Å². The number of fused-ring (bicyclic) bond motifs is 4. The maximum absolute atomic E-state index is 13.9. The Kier molecular flexibility index (Phi) is 8.24. The summed E-state index contributed by atoms with van der Waals surface area (Å²) < 4.78 is 3.28. The van der Waals surface area contributed by atoms with Gasteiger partial charge >= 0.3 is 0 Å². The van der Waals surface area contributed by atoms with Crippen molar-refractivity contribution >= 4 is 40.7 Å². The van der Waals surface area contributed by atoms with Gasteiger partial charge in [-0.2, -0.15) is 5.10 Å². The molecule has 12 nitrogen and oxygen atoms in total. The fourth-order valence-electron chi connectivity index (χ4n) is 6.08. The first-order chi connectivity index (χ1) is 22.3. The molecule has 6 heterocycles. The summed E-state index contributed by atoms with van der Waals surface area (Å²) in [6, 6.07) is 12.4. The molecule has 1 aromatic carbocycles. The molecule has 14 heteroatoms. The molecule has 1 unspecified atom stereocenters. The van der Waals surface area contributed by atoms with Crippen LogP contribution >= 0.6 is 23.2 Å². The fourth-order valence-corrected chi connectivity index (χ4v) is 6.39. The molecular formula is C32H30Cl2N10O2. The number of halogens is 2. The van der Waals surface area contributed by atoms with Gasteiger partial charge in [-0.05, 0) is 60.9 Å². The van der Waals surface area contributed by atoms with E-state index in [-0.39, 0.29) is 41.4 Å². The van der Waals surface area contributed by atoms with Gasteiger partial charge in [-0.15, -0.1) is 5.10 Å². The topological polar surface area (TPSA) is 136 Å². The van der Waals surface area contributed by atoms with E-state index < -0.39 is 0 Å². The molecule has 0 radical (unpaired) electrons. The van der Waals surface area contributed by atoms with E-state index in [4.69, 9.17) is 33.3 Å². The van der Waals surface area contributed by atoms with Gasteiger partial charge in [-0.3, -0.25) is 24.9 Å². The zero-order valence-corrected chi connectivity index (χ0v) is 26.4. The highest BCUT2D eigenvalue weighted by molar-refractivity contribution is 6.30. The molecule has 2 N–H and O–H groups in total. The second-order valence-corrected chi connectivity index (χ2v) is 12.3. The van der Waals surface area contributed by atoms with E-state index in [0.29, 0.717) is 35.9 Å². The minimum absolute atomic E-state index is 0.0251. The number of hydrogen-bond donors (Lipinski definition) is 2. The molecule has 3 atom stereocenters. The van der Waals surface area contributed by atoms with Gasteiger partial charge in [-0.25, -0.2) is 9.36 Å². The number of hydrogen-bond acceptors (Lipinski definition) is 8.